The van der Waals surface area contributed by atoms with Gasteiger partial charge in [-0.1, -0.05) is 0 Å². The number of aromatic hydroxyl groups is 2. The van der Waals surface area contributed by atoms with Gasteiger partial charge in [0.25, 0.3) is 0 Å². The Kier molecular flexibility index (Phi) is 3.16. The van der Waals surface area contributed by atoms with E-state index in [1.54, 1.807) is 0 Å². The van der Waals surface area contributed by atoms with Gasteiger partial charge in [0.1, 0.15) is 0 Å². The summed E-state index contributed by atoms with van der Waals surface area (Å²) >= 11 is 0. The molecule has 2 N–H and O–H groups in total. The Morgan fingerprint density at radius 2 is 1.89 bits per heavy atom. The summed E-state index contributed by atoms with van der Waals surface area (Å²) in [4.78, 5) is 14.2. The van der Waals surface area contributed by atoms with Crippen LogP contribution in [0.2, 0.25) is 0 Å². The number of ether oxygens (including phenoxy) is 1. The van der Waals surface area contributed by atoms with Crippen LogP contribution >= 0.6 is 0 Å². The van der Waals surface area contributed by atoms with Crippen molar-refractivity contribution in [2.75, 3.05) is 19.6 Å². The number of Topliss-reactive ketones (excluding diaryl/α,β-unsaturated/α-hetero) is 1. The molecule has 19 heavy (non-hydrogen) atoms. The minimum Gasteiger partial charge on any atom is -0.504 e. The van der Waals surface area contributed by atoms with Gasteiger partial charge >= 0.3 is 0 Å². The first kappa shape index (κ1) is 12.4. The van der Waals surface area contributed by atoms with Crippen LogP contribution in [0.25, 0.3) is 0 Å². The first-order valence-corrected chi connectivity index (χ1v) is 6.55. The molecule has 5 nitrogen and oxygen atoms in total. The van der Waals surface area contributed by atoms with Gasteiger partial charge in [-0.3, -0.25) is 9.69 Å². The number of nitrogens with zero attached hydrogens (tertiary/aromatic N) is 1. The van der Waals surface area contributed by atoms with Crippen LogP contribution < -0.4 is 0 Å². The fourth-order valence-corrected chi connectivity index (χ4v) is 2.82. The molecule has 5 heteroatoms. The van der Waals surface area contributed by atoms with Crippen LogP contribution in [0, 0.1) is 0 Å². The number of phenolic OH excluding ortho intramolecular Hbond substituents is 2. The summed E-state index contributed by atoms with van der Waals surface area (Å²) in [5, 5.41) is 18.6. The number of phenols is 2. The average molecular weight is 263 g/mol. The minimum absolute atomic E-state index is 0.0448. The van der Waals surface area contributed by atoms with Crippen molar-refractivity contribution in [2.24, 2.45) is 0 Å². The van der Waals surface area contributed by atoms with E-state index in [9.17, 15) is 15.0 Å². The zero-order chi connectivity index (χ0) is 13.4. The number of likely N-dealkylation sites (tertiary alicyclic amines) is 1. The molecule has 0 radical (unpaired) electrons. The number of fused-ring (bicyclic) bond motifs is 2. The van der Waals surface area contributed by atoms with E-state index < -0.39 is 0 Å². The van der Waals surface area contributed by atoms with E-state index in [-0.39, 0.29) is 29.5 Å². The lowest BCUT2D eigenvalue weighted by atomic mass is 10.1. The van der Waals surface area contributed by atoms with Crippen molar-refractivity contribution in [3.05, 3.63) is 23.8 Å². The summed E-state index contributed by atoms with van der Waals surface area (Å²) in [6.07, 6.45) is 2.68. The Balaban J connectivity index is 1.66. The van der Waals surface area contributed by atoms with Crippen LogP contribution in [0.1, 0.15) is 23.2 Å². The second kappa shape index (κ2) is 4.83. The molecule has 0 spiro atoms. The van der Waals surface area contributed by atoms with E-state index in [0.717, 1.165) is 25.9 Å². The van der Waals surface area contributed by atoms with Crippen LogP contribution in [-0.2, 0) is 4.74 Å². The van der Waals surface area contributed by atoms with Gasteiger partial charge in [0.05, 0.1) is 18.8 Å². The number of carbonyl (C=O) groups is 1. The maximum atomic E-state index is 12.1. The highest BCUT2D eigenvalue weighted by molar-refractivity contribution is 5.98. The number of rotatable bonds is 3. The van der Waals surface area contributed by atoms with Crippen molar-refractivity contribution in [3.8, 4) is 11.5 Å². The Morgan fingerprint density at radius 1 is 1.21 bits per heavy atom. The smallest absolute Gasteiger partial charge is 0.176 e. The van der Waals surface area contributed by atoms with E-state index in [1.807, 2.05) is 0 Å². The maximum Gasteiger partial charge on any atom is 0.176 e. The summed E-state index contributed by atoms with van der Waals surface area (Å²) in [5.41, 5.74) is 0.425. The van der Waals surface area contributed by atoms with E-state index >= 15 is 0 Å². The fourth-order valence-electron chi connectivity index (χ4n) is 2.82. The zero-order valence-electron chi connectivity index (χ0n) is 10.6. The molecule has 2 aliphatic heterocycles. The monoisotopic (exact) mass is 263 g/mol. The van der Waals surface area contributed by atoms with Gasteiger partial charge in [-0.15, -0.1) is 0 Å². The Morgan fingerprint density at radius 3 is 2.53 bits per heavy atom. The van der Waals surface area contributed by atoms with Crippen LogP contribution in [0.4, 0.5) is 0 Å². The highest BCUT2D eigenvalue weighted by atomic mass is 16.5. The standard InChI is InChI=1S/C14H17NO4/c16-12-4-1-9(5-13(12)17)14(18)8-15-6-10-2-3-11(7-15)19-10/h1,4-5,10-11,16-17H,2-3,6-8H2. The summed E-state index contributed by atoms with van der Waals surface area (Å²) < 4.78 is 5.72. The van der Waals surface area contributed by atoms with Crippen molar-refractivity contribution in [2.45, 2.75) is 25.0 Å². The molecule has 2 aliphatic rings. The fraction of sp³-hybridized carbons (Fsp3) is 0.500. The molecule has 2 bridgehead atoms. The van der Waals surface area contributed by atoms with Gasteiger partial charge in [0, 0.05) is 18.7 Å². The first-order valence-electron chi connectivity index (χ1n) is 6.55. The summed E-state index contributed by atoms with van der Waals surface area (Å²) in [6.45, 7) is 1.93. The number of morpholine rings is 1. The number of hydrogen-bond acceptors (Lipinski definition) is 5. The highest BCUT2D eigenvalue weighted by Crippen LogP contribution is 2.27. The lowest BCUT2D eigenvalue weighted by Crippen LogP contribution is -2.44. The zero-order valence-corrected chi connectivity index (χ0v) is 10.6. The van der Waals surface area contributed by atoms with Crippen molar-refractivity contribution in [1.82, 2.24) is 4.90 Å². The molecular formula is C14H17NO4. The molecule has 0 aliphatic carbocycles. The molecular weight excluding hydrogens is 246 g/mol. The molecule has 2 saturated heterocycles. The van der Waals surface area contributed by atoms with Crippen molar-refractivity contribution < 1.29 is 19.7 Å². The number of benzene rings is 1. The summed E-state index contributed by atoms with van der Waals surface area (Å²) in [6, 6.07) is 4.19. The number of ketones is 1. The van der Waals surface area contributed by atoms with Crippen LogP contribution in [0.15, 0.2) is 18.2 Å². The molecule has 0 aromatic heterocycles. The second-order valence-electron chi connectivity index (χ2n) is 5.28. The van der Waals surface area contributed by atoms with Crippen molar-refractivity contribution in [1.29, 1.82) is 0 Å². The molecule has 1 aromatic rings. The third-order valence-corrected chi connectivity index (χ3v) is 3.78. The van der Waals surface area contributed by atoms with Gasteiger partial charge in [-0.2, -0.15) is 0 Å². The topological polar surface area (TPSA) is 70.0 Å². The SMILES string of the molecule is O=C(CN1CC2CCC(C1)O2)c1ccc(O)c(O)c1. The Labute approximate surface area is 111 Å². The number of hydrogen-bond donors (Lipinski definition) is 2. The van der Waals surface area contributed by atoms with Crippen LogP contribution in [0.5, 0.6) is 11.5 Å². The van der Waals surface area contributed by atoms with Gasteiger partial charge in [0.2, 0.25) is 0 Å². The second-order valence-corrected chi connectivity index (χ2v) is 5.28. The third kappa shape index (κ3) is 2.57. The van der Waals surface area contributed by atoms with Gasteiger partial charge in [-0.05, 0) is 31.0 Å². The molecule has 2 heterocycles. The van der Waals surface area contributed by atoms with Crippen LogP contribution in [0.3, 0.4) is 0 Å². The number of carbonyl (C=O) groups excluding carboxylic acids is 1. The molecule has 2 fully saturated rings. The quantitative estimate of drug-likeness (QED) is 0.632. The Bertz CT molecular complexity index is 490. The molecule has 2 atom stereocenters. The Hall–Kier alpha value is -1.59. The van der Waals surface area contributed by atoms with E-state index in [4.69, 9.17) is 4.74 Å². The van der Waals surface area contributed by atoms with Gasteiger partial charge in [0.15, 0.2) is 17.3 Å². The van der Waals surface area contributed by atoms with Crippen molar-refractivity contribution >= 4 is 5.78 Å². The minimum atomic E-state index is -0.257. The average Bonchev–Trinajstić information content (AvgIpc) is 2.72. The van der Waals surface area contributed by atoms with E-state index in [1.165, 1.54) is 18.2 Å². The molecule has 0 amide bonds. The predicted molar refractivity (Wildman–Crippen MR) is 68.4 cm³/mol. The van der Waals surface area contributed by atoms with Gasteiger partial charge in [-0.25, -0.2) is 0 Å². The van der Waals surface area contributed by atoms with E-state index in [0.29, 0.717) is 12.1 Å². The van der Waals surface area contributed by atoms with Crippen molar-refractivity contribution in [3.63, 3.8) is 0 Å². The first-order chi connectivity index (χ1) is 9.11. The lowest BCUT2D eigenvalue weighted by molar-refractivity contribution is -0.0355. The van der Waals surface area contributed by atoms with Gasteiger partial charge < -0.3 is 14.9 Å². The summed E-state index contributed by atoms with van der Waals surface area (Å²) in [5.74, 6) is -0.509. The maximum absolute atomic E-state index is 12.1. The van der Waals surface area contributed by atoms with E-state index in [2.05, 4.69) is 4.90 Å². The molecule has 2 unspecified atom stereocenters. The molecule has 3 rings (SSSR count). The largest absolute Gasteiger partial charge is 0.504 e. The lowest BCUT2D eigenvalue weighted by Gasteiger charge is -2.31. The normalized spacial score (nSPS) is 26.5. The molecule has 0 saturated carbocycles. The summed E-state index contributed by atoms with van der Waals surface area (Å²) in [7, 11) is 0. The highest BCUT2D eigenvalue weighted by Gasteiger charge is 2.34. The molecule has 1 aromatic carbocycles. The van der Waals surface area contributed by atoms with Crippen LogP contribution in [-0.4, -0.2) is 52.7 Å². The molecule has 102 valence electrons. The third-order valence-electron chi connectivity index (χ3n) is 3.78. The predicted octanol–water partition coefficient (Wildman–Crippen LogP) is 1.14.